The van der Waals surface area contributed by atoms with E-state index in [0.717, 1.165) is 41.9 Å². The molecule has 6 nitrogen and oxygen atoms in total. The van der Waals surface area contributed by atoms with Crippen LogP contribution in [0.3, 0.4) is 0 Å². The maximum Gasteiger partial charge on any atom is 0.305 e. The Hall–Kier alpha value is -2.57. The summed E-state index contributed by atoms with van der Waals surface area (Å²) in [5.41, 5.74) is 1.75. The van der Waals surface area contributed by atoms with Crippen LogP contribution in [0.4, 0.5) is 0 Å². The maximum atomic E-state index is 11.3. The van der Waals surface area contributed by atoms with Gasteiger partial charge in [-0.1, -0.05) is 23.7 Å². The second-order valence-electron chi connectivity index (χ2n) is 6.77. The highest BCUT2D eigenvalue weighted by molar-refractivity contribution is 6.34. The average molecular weight is 416 g/mol. The molecule has 1 heterocycles. The molecular formula is C22H26ClN3O3. The molecule has 0 aliphatic heterocycles. The monoisotopic (exact) mass is 415 g/mol. The molecule has 0 bridgehead atoms. The fourth-order valence-electron chi connectivity index (χ4n) is 3.01. The molecule has 0 saturated heterocycles. The van der Waals surface area contributed by atoms with Crippen LogP contribution in [0.1, 0.15) is 19.8 Å². The van der Waals surface area contributed by atoms with Crippen LogP contribution in [0.5, 0.6) is 5.75 Å². The first kappa shape index (κ1) is 21.1. The summed E-state index contributed by atoms with van der Waals surface area (Å²) >= 11 is 6.46. The standard InChI is InChI=1S/C22H26ClN3O3/c1-3-28-21(27)9-6-14-25(2)15-16-29-18-12-10-17(11-13-18)26-22(23)19-7-4-5-8-20(19)24-26/h4-5,7-8,10-13H,3,6,9,14-16H2,1-2H3. The number of ether oxygens (including phenoxy) is 2. The number of fused-ring (bicyclic) bond motifs is 1. The predicted octanol–water partition coefficient (Wildman–Crippen LogP) is 4.33. The van der Waals surface area contributed by atoms with Crippen LogP contribution in [-0.4, -0.2) is 54.0 Å². The highest BCUT2D eigenvalue weighted by Crippen LogP contribution is 2.26. The third-order valence-electron chi connectivity index (χ3n) is 4.57. The van der Waals surface area contributed by atoms with Gasteiger partial charge in [0.1, 0.15) is 17.5 Å². The molecule has 0 fully saturated rings. The maximum absolute atomic E-state index is 11.3. The van der Waals surface area contributed by atoms with Crippen molar-refractivity contribution in [3.05, 3.63) is 53.7 Å². The first-order valence-electron chi connectivity index (χ1n) is 9.79. The Morgan fingerprint density at radius 2 is 1.90 bits per heavy atom. The quantitative estimate of drug-likeness (QED) is 0.461. The molecule has 0 aliphatic carbocycles. The molecule has 0 atom stereocenters. The Balaban J connectivity index is 1.47. The molecule has 0 spiro atoms. The molecule has 3 aromatic rings. The van der Waals surface area contributed by atoms with Crippen LogP contribution in [0.15, 0.2) is 48.5 Å². The highest BCUT2D eigenvalue weighted by Gasteiger charge is 2.10. The zero-order valence-electron chi connectivity index (χ0n) is 16.8. The number of esters is 1. The largest absolute Gasteiger partial charge is 0.492 e. The van der Waals surface area contributed by atoms with E-state index in [0.29, 0.717) is 24.8 Å². The van der Waals surface area contributed by atoms with Gasteiger partial charge >= 0.3 is 5.97 Å². The fourth-order valence-corrected chi connectivity index (χ4v) is 3.31. The van der Waals surface area contributed by atoms with E-state index in [1.807, 2.05) is 62.5 Å². The Morgan fingerprint density at radius 3 is 2.62 bits per heavy atom. The van der Waals surface area contributed by atoms with E-state index in [-0.39, 0.29) is 5.97 Å². The van der Waals surface area contributed by atoms with E-state index >= 15 is 0 Å². The highest BCUT2D eigenvalue weighted by atomic mass is 35.5. The van der Waals surface area contributed by atoms with Crippen molar-refractivity contribution in [3.63, 3.8) is 0 Å². The summed E-state index contributed by atoms with van der Waals surface area (Å²) in [5.74, 6) is 0.656. The Labute approximate surface area is 176 Å². The van der Waals surface area contributed by atoms with Gasteiger partial charge in [0.25, 0.3) is 0 Å². The Bertz CT molecular complexity index is 940. The van der Waals surface area contributed by atoms with Crippen molar-refractivity contribution in [2.75, 3.05) is 33.4 Å². The lowest BCUT2D eigenvalue weighted by molar-refractivity contribution is -0.143. The topological polar surface area (TPSA) is 56.6 Å². The first-order chi connectivity index (χ1) is 14.1. The van der Waals surface area contributed by atoms with E-state index in [1.165, 1.54) is 0 Å². The summed E-state index contributed by atoms with van der Waals surface area (Å²) in [4.78, 5) is 13.5. The first-order valence-corrected chi connectivity index (χ1v) is 10.2. The number of nitrogens with zero attached hydrogens (tertiary/aromatic N) is 3. The average Bonchev–Trinajstić information content (AvgIpc) is 3.06. The second kappa shape index (κ2) is 10.3. The SMILES string of the molecule is CCOC(=O)CCCN(C)CCOc1ccc(-n2nc3ccccc3c2Cl)cc1. The molecule has 0 aliphatic rings. The number of carbonyl (C=O) groups excluding carboxylic acids is 1. The molecule has 0 unspecified atom stereocenters. The third-order valence-corrected chi connectivity index (χ3v) is 4.93. The molecular weight excluding hydrogens is 390 g/mol. The van der Waals surface area contributed by atoms with Crippen molar-refractivity contribution in [2.24, 2.45) is 0 Å². The summed E-state index contributed by atoms with van der Waals surface area (Å²) in [6.07, 6.45) is 1.23. The molecule has 0 radical (unpaired) electrons. The van der Waals surface area contributed by atoms with Gasteiger partial charge in [-0.2, -0.15) is 5.10 Å². The minimum absolute atomic E-state index is 0.137. The van der Waals surface area contributed by atoms with E-state index in [1.54, 1.807) is 4.68 Å². The minimum atomic E-state index is -0.137. The summed E-state index contributed by atoms with van der Waals surface area (Å²) in [6.45, 7) is 4.43. The lowest BCUT2D eigenvalue weighted by atomic mass is 10.2. The van der Waals surface area contributed by atoms with Crippen molar-refractivity contribution in [1.29, 1.82) is 0 Å². The van der Waals surface area contributed by atoms with Gasteiger partial charge < -0.3 is 14.4 Å². The Kier molecular flexibility index (Phi) is 7.49. The number of carbonyl (C=O) groups is 1. The van der Waals surface area contributed by atoms with Gasteiger partial charge in [-0.25, -0.2) is 4.68 Å². The number of halogens is 1. The van der Waals surface area contributed by atoms with Crippen molar-refractivity contribution >= 4 is 28.5 Å². The molecule has 0 saturated carbocycles. The second-order valence-corrected chi connectivity index (χ2v) is 7.13. The van der Waals surface area contributed by atoms with Crippen LogP contribution < -0.4 is 4.74 Å². The normalized spacial score (nSPS) is 11.2. The zero-order chi connectivity index (χ0) is 20.6. The van der Waals surface area contributed by atoms with Gasteiger partial charge in [-0.05, 0) is 63.3 Å². The van der Waals surface area contributed by atoms with Gasteiger partial charge in [0.2, 0.25) is 0 Å². The molecule has 0 amide bonds. The molecule has 1 aromatic heterocycles. The number of hydrogen-bond acceptors (Lipinski definition) is 5. The van der Waals surface area contributed by atoms with Crippen molar-refractivity contribution in [1.82, 2.24) is 14.7 Å². The smallest absolute Gasteiger partial charge is 0.305 e. The number of hydrogen-bond donors (Lipinski definition) is 0. The van der Waals surface area contributed by atoms with E-state index in [4.69, 9.17) is 21.1 Å². The number of likely N-dealkylation sites (N-methyl/N-ethyl adjacent to an activating group) is 1. The van der Waals surface area contributed by atoms with Crippen molar-refractivity contribution in [2.45, 2.75) is 19.8 Å². The molecule has 7 heteroatoms. The number of aromatic nitrogens is 2. The van der Waals surface area contributed by atoms with Gasteiger partial charge in [-0.3, -0.25) is 4.79 Å². The zero-order valence-corrected chi connectivity index (χ0v) is 17.6. The molecule has 29 heavy (non-hydrogen) atoms. The summed E-state index contributed by atoms with van der Waals surface area (Å²) in [6, 6.07) is 15.5. The van der Waals surface area contributed by atoms with E-state index < -0.39 is 0 Å². The molecule has 0 N–H and O–H groups in total. The minimum Gasteiger partial charge on any atom is -0.492 e. The van der Waals surface area contributed by atoms with Crippen LogP contribution in [-0.2, 0) is 9.53 Å². The van der Waals surface area contributed by atoms with Crippen molar-refractivity contribution in [3.8, 4) is 11.4 Å². The van der Waals surface area contributed by atoms with E-state index in [2.05, 4.69) is 10.00 Å². The Morgan fingerprint density at radius 1 is 1.14 bits per heavy atom. The van der Waals surface area contributed by atoms with Crippen molar-refractivity contribution < 1.29 is 14.3 Å². The van der Waals surface area contributed by atoms with E-state index in [9.17, 15) is 4.79 Å². The van der Waals surface area contributed by atoms with Gasteiger partial charge in [0.05, 0.1) is 17.8 Å². The number of benzene rings is 2. The fraction of sp³-hybridized carbons (Fsp3) is 0.364. The summed E-state index contributed by atoms with van der Waals surface area (Å²) in [5, 5.41) is 6.08. The summed E-state index contributed by atoms with van der Waals surface area (Å²) < 4.78 is 12.5. The van der Waals surface area contributed by atoms with Crippen LogP contribution in [0.2, 0.25) is 5.15 Å². The number of rotatable bonds is 10. The third kappa shape index (κ3) is 5.71. The van der Waals surface area contributed by atoms with Gasteiger partial charge in [0, 0.05) is 18.4 Å². The molecule has 3 rings (SSSR count). The predicted molar refractivity (Wildman–Crippen MR) is 115 cm³/mol. The van der Waals surface area contributed by atoms with Crippen LogP contribution >= 0.6 is 11.6 Å². The van der Waals surface area contributed by atoms with Crippen LogP contribution in [0, 0.1) is 0 Å². The van der Waals surface area contributed by atoms with Gasteiger partial charge in [0.15, 0.2) is 0 Å². The lowest BCUT2D eigenvalue weighted by Crippen LogP contribution is -2.25. The molecule has 2 aromatic carbocycles. The van der Waals surface area contributed by atoms with Gasteiger partial charge in [-0.15, -0.1) is 0 Å². The molecule has 154 valence electrons. The van der Waals surface area contributed by atoms with Crippen LogP contribution in [0.25, 0.3) is 16.6 Å². The lowest BCUT2D eigenvalue weighted by Gasteiger charge is -2.16. The summed E-state index contributed by atoms with van der Waals surface area (Å²) in [7, 11) is 2.02.